The summed E-state index contributed by atoms with van der Waals surface area (Å²) in [4.78, 5) is 42.2. The van der Waals surface area contributed by atoms with E-state index in [1.165, 1.54) is 16.9 Å². The number of cyclic esters (lactones) is 1. The van der Waals surface area contributed by atoms with Crippen LogP contribution in [0.4, 0.5) is 0 Å². The van der Waals surface area contributed by atoms with E-state index < -0.39 is 5.41 Å². The predicted octanol–water partition coefficient (Wildman–Crippen LogP) is 2.53. The van der Waals surface area contributed by atoms with E-state index in [2.05, 4.69) is 17.1 Å². The van der Waals surface area contributed by atoms with Gasteiger partial charge in [0.15, 0.2) is 0 Å². The van der Waals surface area contributed by atoms with Crippen molar-refractivity contribution < 1.29 is 24.2 Å². The summed E-state index contributed by atoms with van der Waals surface area (Å²) in [5.41, 5.74) is 1.28. The summed E-state index contributed by atoms with van der Waals surface area (Å²) in [5.74, 6) is -0.123. The summed E-state index contributed by atoms with van der Waals surface area (Å²) in [5, 5.41) is 9.68. The minimum atomic E-state index is -0.419. The molecule has 8 nitrogen and oxygen atoms in total. The summed E-state index contributed by atoms with van der Waals surface area (Å²) < 4.78 is 5.61. The molecule has 2 aliphatic heterocycles. The molecule has 1 unspecified atom stereocenters. The number of esters is 1. The maximum absolute atomic E-state index is 12.9. The average Bonchev–Trinajstić information content (AvgIpc) is 3.34. The number of aromatic nitrogens is 1. The van der Waals surface area contributed by atoms with Crippen LogP contribution < -0.4 is 0 Å². The minimum absolute atomic E-state index is 0.0355. The number of amides is 1. The van der Waals surface area contributed by atoms with Gasteiger partial charge in [0.2, 0.25) is 0 Å². The second kappa shape index (κ2) is 10.7. The minimum Gasteiger partial charge on any atom is -0.483 e. The Hall–Kier alpha value is -2.78. The molecule has 1 aromatic carbocycles. The summed E-state index contributed by atoms with van der Waals surface area (Å²) in [6, 6.07) is 10.1. The van der Waals surface area contributed by atoms with Crippen molar-refractivity contribution in [2.24, 2.45) is 5.41 Å². The Balaban J connectivity index is 0.000000913. The number of ether oxygens (including phenoxy) is 1. The Morgan fingerprint density at radius 3 is 2.59 bits per heavy atom. The molecule has 1 amide bonds. The average molecular weight is 460 g/mol. The molecule has 1 aromatic heterocycles. The van der Waals surface area contributed by atoms with Gasteiger partial charge in [0, 0.05) is 37.9 Å². The fraction of sp³-hybridized carbons (Fsp3) is 0.478. The van der Waals surface area contributed by atoms with E-state index in [0.29, 0.717) is 31.6 Å². The first kappa shape index (κ1) is 23.9. The second-order valence-corrected chi connectivity index (χ2v) is 9.40. The van der Waals surface area contributed by atoms with E-state index in [4.69, 9.17) is 14.6 Å². The Bertz CT molecular complexity index is 923. The molecule has 2 aromatic rings. The van der Waals surface area contributed by atoms with Crippen LogP contribution in [0, 0.1) is 5.41 Å². The number of carboxylic acid groups (broad SMARTS) is 1. The number of hydrogen-bond acceptors (Lipinski definition) is 7. The number of carbonyl (C=O) groups is 3. The lowest BCUT2D eigenvalue weighted by Crippen LogP contribution is -2.45. The van der Waals surface area contributed by atoms with Gasteiger partial charge in [-0.15, -0.1) is 11.3 Å². The van der Waals surface area contributed by atoms with Crippen molar-refractivity contribution >= 4 is 29.7 Å². The third-order valence-corrected chi connectivity index (χ3v) is 6.72. The summed E-state index contributed by atoms with van der Waals surface area (Å²) in [7, 11) is 3.97. The molecule has 1 N–H and O–H groups in total. The first-order valence-corrected chi connectivity index (χ1v) is 11.5. The quantitative estimate of drug-likeness (QED) is 0.542. The lowest BCUT2D eigenvalue weighted by molar-refractivity contribution is -0.150. The summed E-state index contributed by atoms with van der Waals surface area (Å²) >= 11 is 1.52. The highest BCUT2D eigenvalue weighted by Crippen LogP contribution is 2.43. The molecular formula is C23H29N3O5S. The number of likely N-dealkylation sites (tertiary alicyclic amines) is 1. The Labute approximate surface area is 191 Å². The van der Waals surface area contributed by atoms with Gasteiger partial charge in [-0.1, -0.05) is 30.3 Å². The molecule has 2 saturated heterocycles. The van der Waals surface area contributed by atoms with Crippen LogP contribution in [0.2, 0.25) is 0 Å². The monoisotopic (exact) mass is 459 g/mol. The molecule has 0 saturated carbocycles. The maximum atomic E-state index is 12.9. The molecule has 1 atom stereocenters. The number of thiazole rings is 1. The number of benzene rings is 1. The zero-order valence-electron chi connectivity index (χ0n) is 18.4. The first-order valence-electron chi connectivity index (χ1n) is 10.6. The fourth-order valence-electron chi connectivity index (χ4n) is 4.32. The molecule has 1 spiro atoms. The molecule has 2 aliphatic rings. The highest BCUT2D eigenvalue weighted by atomic mass is 32.1. The van der Waals surface area contributed by atoms with Gasteiger partial charge in [0.05, 0.1) is 10.4 Å². The van der Waals surface area contributed by atoms with Crippen LogP contribution in [0.25, 0.3) is 0 Å². The van der Waals surface area contributed by atoms with Crippen molar-refractivity contribution in [3.63, 3.8) is 0 Å². The molecule has 9 heteroatoms. The second-order valence-electron chi connectivity index (χ2n) is 8.46. The SMILES string of the molecule is CN(C)CC1CC2(CCN(C(=O)c3csc(Cc4ccccc4)n3)CC2)C(=O)O1.O=CO. The number of likely N-dealkylation sites (N-methyl/N-ethyl adjacent to an activating group) is 1. The van der Waals surface area contributed by atoms with E-state index in [1.807, 2.05) is 47.5 Å². The van der Waals surface area contributed by atoms with Crippen molar-refractivity contribution in [3.8, 4) is 0 Å². The third kappa shape index (κ3) is 5.72. The Morgan fingerprint density at radius 1 is 1.31 bits per heavy atom. The number of rotatable bonds is 5. The van der Waals surface area contributed by atoms with Crippen molar-refractivity contribution in [1.82, 2.24) is 14.8 Å². The number of piperidine rings is 1. The predicted molar refractivity (Wildman–Crippen MR) is 121 cm³/mol. The third-order valence-electron chi connectivity index (χ3n) is 5.87. The smallest absolute Gasteiger partial charge is 0.312 e. The van der Waals surface area contributed by atoms with E-state index >= 15 is 0 Å². The van der Waals surface area contributed by atoms with Crippen LogP contribution >= 0.6 is 11.3 Å². The molecule has 172 valence electrons. The van der Waals surface area contributed by atoms with Gasteiger partial charge in [-0.05, 0) is 32.5 Å². The lowest BCUT2D eigenvalue weighted by Gasteiger charge is -2.36. The van der Waals surface area contributed by atoms with Crippen LogP contribution in [0.15, 0.2) is 35.7 Å². The van der Waals surface area contributed by atoms with Crippen molar-refractivity contribution in [1.29, 1.82) is 0 Å². The van der Waals surface area contributed by atoms with Gasteiger partial charge in [0.25, 0.3) is 12.4 Å². The van der Waals surface area contributed by atoms with Gasteiger partial charge >= 0.3 is 5.97 Å². The Morgan fingerprint density at radius 2 is 1.97 bits per heavy atom. The summed E-state index contributed by atoms with van der Waals surface area (Å²) in [6.07, 6.45) is 2.79. The normalized spacial score (nSPS) is 19.4. The van der Waals surface area contributed by atoms with E-state index in [0.717, 1.165) is 24.4 Å². The molecule has 0 aliphatic carbocycles. The highest BCUT2D eigenvalue weighted by Gasteiger charge is 2.50. The molecule has 2 fully saturated rings. The molecule has 0 radical (unpaired) electrons. The van der Waals surface area contributed by atoms with Crippen molar-refractivity contribution in [2.45, 2.75) is 31.8 Å². The van der Waals surface area contributed by atoms with Crippen LogP contribution in [0.5, 0.6) is 0 Å². The molecule has 32 heavy (non-hydrogen) atoms. The van der Waals surface area contributed by atoms with Gasteiger partial charge in [-0.25, -0.2) is 4.98 Å². The van der Waals surface area contributed by atoms with Gasteiger partial charge in [0.1, 0.15) is 11.8 Å². The number of nitrogens with zero attached hydrogens (tertiary/aromatic N) is 3. The fourth-order valence-corrected chi connectivity index (χ4v) is 5.12. The largest absolute Gasteiger partial charge is 0.483 e. The van der Waals surface area contributed by atoms with Crippen molar-refractivity contribution in [2.75, 3.05) is 33.7 Å². The number of carbonyl (C=O) groups excluding carboxylic acids is 2. The van der Waals surface area contributed by atoms with E-state index in [9.17, 15) is 9.59 Å². The first-order chi connectivity index (χ1) is 15.4. The summed E-state index contributed by atoms with van der Waals surface area (Å²) in [6.45, 7) is 1.65. The van der Waals surface area contributed by atoms with Crippen LogP contribution in [-0.4, -0.2) is 78.1 Å². The highest BCUT2D eigenvalue weighted by molar-refractivity contribution is 7.09. The topological polar surface area (TPSA) is 100 Å². The standard InChI is InChI=1S/C22H27N3O3S.CH2O2/c1-24(2)14-17-13-22(21(27)28-17)8-10-25(11-9-22)20(26)18-15-29-19(23-18)12-16-6-4-3-5-7-16;2-1-3/h3-7,15,17H,8-14H2,1-2H3;1H,(H,2,3). The van der Waals surface area contributed by atoms with Crippen LogP contribution in [0.1, 0.15) is 40.3 Å². The maximum Gasteiger partial charge on any atom is 0.312 e. The zero-order chi connectivity index (χ0) is 23.1. The van der Waals surface area contributed by atoms with E-state index in [-0.39, 0.29) is 24.5 Å². The van der Waals surface area contributed by atoms with Gasteiger partial charge in [-0.3, -0.25) is 14.4 Å². The molecule has 3 heterocycles. The number of hydrogen-bond donors (Lipinski definition) is 1. The molecule has 0 bridgehead atoms. The van der Waals surface area contributed by atoms with Gasteiger partial charge in [-0.2, -0.15) is 0 Å². The van der Waals surface area contributed by atoms with Crippen molar-refractivity contribution in [3.05, 3.63) is 52.0 Å². The van der Waals surface area contributed by atoms with Crippen LogP contribution in [0.3, 0.4) is 0 Å². The molecule has 4 rings (SSSR count). The van der Waals surface area contributed by atoms with E-state index in [1.54, 1.807) is 0 Å². The Kier molecular flexibility index (Phi) is 7.98. The van der Waals surface area contributed by atoms with Crippen LogP contribution in [-0.2, 0) is 20.7 Å². The van der Waals surface area contributed by atoms with Gasteiger partial charge < -0.3 is 19.6 Å². The molecular weight excluding hydrogens is 430 g/mol. The lowest BCUT2D eigenvalue weighted by atomic mass is 9.76. The zero-order valence-corrected chi connectivity index (χ0v) is 19.2.